The molecule has 2 aromatic heterocycles. The maximum atomic E-state index is 13.5. The molecule has 4 nitrogen and oxygen atoms in total. The van der Waals surface area contributed by atoms with Gasteiger partial charge < -0.3 is 13.7 Å². The van der Waals surface area contributed by atoms with Crippen molar-refractivity contribution in [1.82, 2.24) is 4.57 Å². The third-order valence-electron chi connectivity index (χ3n) is 7.97. The minimum absolute atomic E-state index is 0.119. The molecule has 4 heteroatoms. The van der Waals surface area contributed by atoms with E-state index in [1.165, 1.54) is 89.9 Å². The van der Waals surface area contributed by atoms with Crippen molar-refractivity contribution in [3.8, 4) is 17.0 Å². The van der Waals surface area contributed by atoms with Gasteiger partial charge in [-0.25, -0.2) is 0 Å². The summed E-state index contributed by atoms with van der Waals surface area (Å²) in [5.74, 6) is 0.353. The van der Waals surface area contributed by atoms with Crippen LogP contribution in [0.2, 0.25) is 0 Å². The van der Waals surface area contributed by atoms with E-state index in [4.69, 9.17) is 9.15 Å². The summed E-state index contributed by atoms with van der Waals surface area (Å²) in [5.41, 5.74) is 3.07. The van der Waals surface area contributed by atoms with Crippen LogP contribution in [0.3, 0.4) is 0 Å². The molecule has 0 amide bonds. The van der Waals surface area contributed by atoms with E-state index in [1.54, 1.807) is 13.4 Å². The Morgan fingerprint density at radius 3 is 2.02 bits per heavy atom. The molecule has 0 saturated carbocycles. The second-order valence-corrected chi connectivity index (χ2v) is 11.0. The number of unbranched alkanes of at least 4 members (excludes halogenated alkanes) is 14. The molecule has 214 valence electrons. The average molecular weight is 542 g/mol. The molecule has 0 bridgehead atoms. The van der Waals surface area contributed by atoms with E-state index in [-0.39, 0.29) is 5.43 Å². The zero-order valence-corrected chi connectivity index (χ0v) is 24.6. The van der Waals surface area contributed by atoms with Crippen molar-refractivity contribution < 1.29 is 9.15 Å². The number of nitrogens with zero attached hydrogens (tertiary/aromatic N) is 1. The second-order valence-electron chi connectivity index (χ2n) is 11.0. The summed E-state index contributed by atoms with van der Waals surface area (Å²) in [6.45, 7) is 2.28. The molecule has 0 N–H and O–H groups in total. The van der Waals surface area contributed by atoms with Crippen molar-refractivity contribution in [3.05, 3.63) is 71.1 Å². The molecule has 0 spiro atoms. The number of methoxy groups -OCH3 is 1. The Bertz CT molecular complexity index is 1400. The minimum Gasteiger partial charge on any atom is -0.491 e. The molecule has 0 atom stereocenters. The lowest BCUT2D eigenvalue weighted by atomic mass is 10.0. The second kappa shape index (κ2) is 16.1. The molecule has 0 fully saturated rings. The molecule has 0 aliphatic carbocycles. The van der Waals surface area contributed by atoms with E-state index in [9.17, 15) is 4.79 Å². The molecule has 0 saturated heterocycles. The lowest BCUT2D eigenvalue weighted by Crippen LogP contribution is -2.13. The molecule has 4 rings (SSSR count). The van der Waals surface area contributed by atoms with Crippen molar-refractivity contribution in [2.75, 3.05) is 7.11 Å². The van der Waals surface area contributed by atoms with Gasteiger partial charge in [0.25, 0.3) is 0 Å². The van der Waals surface area contributed by atoms with Gasteiger partial charge in [-0.05, 0) is 25.0 Å². The lowest BCUT2D eigenvalue weighted by molar-refractivity contribution is 0.411. The van der Waals surface area contributed by atoms with E-state index in [1.807, 2.05) is 48.5 Å². The monoisotopic (exact) mass is 541 g/mol. The van der Waals surface area contributed by atoms with Gasteiger partial charge in [0.2, 0.25) is 5.43 Å². The summed E-state index contributed by atoms with van der Waals surface area (Å²) in [4.78, 5) is 13.5. The molecule has 40 heavy (non-hydrogen) atoms. The Balaban J connectivity index is 1.35. The van der Waals surface area contributed by atoms with Gasteiger partial charge >= 0.3 is 0 Å². The zero-order valence-electron chi connectivity index (χ0n) is 24.6. The molecule has 0 aliphatic rings. The highest BCUT2D eigenvalue weighted by atomic mass is 16.5. The van der Waals surface area contributed by atoms with Crippen LogP contribution in [0.15, 0.2) is 70.1 Å². The van der Waals surface area contributed by atoms with Crippen molar-refractivity contribution in [2.24, 2.45) is 0 Å². The molecule has 0 aliphatic heterocycles. The van der Waals surface area contributed by atoms with Gasteiger partial charge in [0.15, 0.2) is 11.3 Å². The quantitative estimate of drug-likeness (QED) is 0.118. The molecule has 2 aromatic carbocycles. The van der Waals surface area contributed by atoms with Gasteiger partial charge in [-0.2, -0.15) is 0 Å². The molecular weight excluding hydrogens is 494 g/mol. The third-order valence-corrected chi connectivity index (χ3v) is 7.97. The van der Waals surface area contributed by atoms with Crippen LogP contribution in [0.4, 0.5) is 0 Å². The molecule has 0 radical (unpaired) electrons. The Hall–Kier alpha value is -3.27. The first-order chi connectivity index (χ1) is 19.8. The summed E-state index contributed by atoms with van der Waals surface area (Å²) in [6, 6.07) is 15.7. The van der Waals surface area contributed by atoms with Gasteiger partial charge in [0, 0.05) is 17.1 Å². The van der Waals surface area contributed by atoms with Crippen LogP contribution in [0.25, 0.3) is 39.3 Å². The van der Waals surface area contributed by atoms with E-state index in [2.05, 4.69) is 23.8 Å². The first-order valence-electron chi connectivity index (χ1n) is 15.6. The highest BCUT2D eigenvalue weighted by molar-refractivity contribution is 6.04. The van der Waals surface area contributed by atoms with Crippen LogP contribution in [-0.4, -0.2) is 11.7 Å². The highest BCUT2D eigenvalue weighted by Crippen LogP contribution is 2.34. The number of hydrogen-bond donors (Lipinski definition) is 0. The fourth-order valence-electron chi connectivity index (χ4n) is 5.73. The van der Waals surface area contributed by atoms with Crippen molar-refractivity contribution in [1.29, 1.82) is 0 Å². The van der Waals surface area contributed by atoms with Crippen LogP contribution in [-0.2, 0) is 0 Å². The van der Waals surface area contributed by atoms with E-state index >= 15 is 0 Å². The van der Waals surface area contributed by atoms with Gasteiger partial charge in [-0.3, -0.25) is 4.79 Å². The standard InChI is InChI=1S/C36H47NO3/c1-3-4-5-6-7-8-9-10-11-12-13-14-15-16-17-21-27-37-32(29-22-19-18-20-23-29)36(39-2)34(38)31-25-24-30-26-28-40-35(30)33(31)37/h18-28H,3-17H2,1-2H3. The Morgan fingerprint density at radius 2 is 1.40 bits per heavy atom. The van der Waals surface area contributed by atoms with Gasteiger partial charge in [0.1, 0.15) is 5.52 Å². The van der Waals surface area contributed by atoms with Crippen molar-refractivity contribution >= 4 is 28.1 Å². The number of rotatable bonds is 18. The SMILES string of the molecule is CCCCCCCCCCCCCCCCC=Cn1c(-c2ccccc2)c(OC)c(=O)c2ccc3ccoc3c21. The first-order valence-corrected chi connectivity index (χ1v) is 15.6. The maximum absolute atomic E-state index is 13.5. The number of ether oxygens (including phenoxy) is 1. The van der Waals surface area contributed by atoms with Crippen LogP contribution < -0.4 is 10.2 Å². The number of fused-ring (bicyclic) bond motifs is 3. The maximum Gasteiger partial charge on any atom is 0.232 e. The Labute approximate surface area is 240 Å². The predicted octanol–water partition coefficient (Wildman–Crippen LogP) is 10.8. The Kier molecular flexibility index (Phi) is 12.0. The summed E-state index contributed by atoms with van der Waals surface area (Å²) < 4.78 is 13.7. The topological polar surface area (TPSA) is 44.4 Å². The number of furan rings is 1. The van der Waals surface area contributed by atoms with Crippen molar-refractivity contribution in [2.45, 2.75) is 103 Å². The number of benzene rings is 2. The van der Waals surface area contributed by atoms with E-state index in [0.29, 0.717) is 11.1 Å². The smallest absolute Gasteiger partial charge is 0.232 e. The van der Waals surface area contributed by atoms with Gasteiger partial charge in [-0.1, -0.05) is 133 Å². The molecule has 0 unspecified atom stereocenters. The normalized spacial score (nSPS) is 11.8. The average Bonchev–Trinajstić information content (AvgIpc) is 3.47. The summed E-state index contributed by atoms with van der Waals surface area (Å²) in [5, 5.41) is 1.57. The predicted molar refractivity (Wildman–Crippen MR) is 170 cm³/mol. The van der Waals surface area contributed by atoms with Crippen molar-refractivity contribution in [3.63, 3.8) is 0 Å². The number of pyridine rings is 1. The number of allylic oxidation sites excluding steroid dienone is 1. The van der Waals surface area contributed by atoms with Crippen LogP contribution in [0.1, 0.15) is 103 Å². The minimum atomic E-state index is -0.119. The van der Waals surface area contributed by atoms with Crippen LogP contribution in [0.5, 0.6) is 5.75 Å². The lowest BCUT2D eigenvalue weighted by Gasteiger charge is -2.17. The van der Waals surface area contributed by atoms with Crippen LogP contribution in [0, 0.1) is 0 Å². The first kappa shape index (κ1) is 29.7. The molecular formula is C36H47NO3. The number of aromatic nitrogens is 1. The van der Waals surface area contributed by atoms with E-state index in [0.717, 1.165) is 34.2 Å². The van der Waals surface area contributed by atoms with Gasteiger partial charge in [0.05, 0.1) is 24.5 Å². The molecule has 4 aromatic rings. The van der Waals surface area contributed by atoms with E-state index < -0.39 is 0 Å². The number of hydrogen-bond acceptors (Lipinski definition) is 3. The zero-order chi connectivity index (χ0) is 28.0. The summed E-state index contributed by atoms with van der Waals surface area (Å²) >= 11 is 0. The summed E-state index contributed by atoms with van der Waals surface area (Å²) in [6.07, 6.45) is 26.1. The molecule has 2 heterocycles. The summed E-state index contributed by atoms with van der Waals surface area (Å²) in [7, 11) is 1.57. The van der Waals surface area contributed by atoms with Crippen LogP contribution >= 0.6 is 0 Å². The Morgan fingerprint density at radius 1 is 0.775 bits per heavy atom. The fraction of sp³-hybridized carbons (Fsp3) is 0.472. The largest absolute Gasteiger partial charge is 0.491 e. The highest BCUT2D eigenvalue weighted by Gasteiger charge is 2.20. The van der Waals surface area contributed by atoms with Gasteiger partial charge in [-0.15, -0.1) is 0 Å². The fourth-order valence-corrected chi connectivity index (χ4v) is 5.73. The third kappa shape index (κ3) is 7.68.